The monoisotopic (exact) mass is 240 g/mol. The van der Waals surface area contributed by atoms with E-state index in [-0.39, 0.29) is 4.87 Å². The molecule has 0 unspecified atom stereocenters. The van der Waals surface area contributed by atoms with E-state index < -0.39 is 0 Å². The van der Waals surface area contributed by atoms with Crippen molar-refractivity contribution in [1.29, 1.82) is 0 Å². The van der Waals surface area contributed by atoms with E-state index in [1.54, 1.807) is 0 Å². The molecule has 1 aromatic heterocycles. The Hall–Kier alpha value is -0.610. The lowest BCUT2D eigenvalue weighted by Crippen LogP contribution is -2.26. The molecule has 16 heavy (non-hydrogen) atoms. The van der Waals surface area contributed by atoms with Crippen LogP contribution in [-0.2, 0) is 6.54 Å². The van der Waals surface area contributed by atoms with Gasteiger partial charge in [0.1, 0.15) is 0 Å². The topological polar surface area (TPSA) is 44.9 Å². The van der Waals surface area contributed by atoms with Crippen molar-refractivity contribution in [1.82, 2.24) is 10.3 Å². The fourth-order valence-electron chi connectivity index (χ4n) is 2.34. The molecule has 0 aliphatic heterocycles. The lowest BCUT2D eigenvalue weighted by Gasteiger charge is -2.26. The fraction of sp³-hybridized carbons (Fsp3) is 0.750. The van der Waals surface area contributed by atoms with Crippen LogP contribution in [0, 0.1) is 11.8 Å². The van der Waals surface area contributed by atoms with Crippen molar-refractivity contribution in [3.05, 3.63) is 20.7 Å². The van der Waals surface area contributed by atoms with Crippen molar-refractivity contribution >= 4 is 11.3 Å². The molecule has 1 aliphatic rings. The maximum Gasteiger partial charge on any atom is 0.304 e. The highest BCUT2D eigenvalue weighted by atomic mass is 32.1. The van der Waals surface area contributed by atoms with Gasteiger partial charge >= 0.3 is 4.87 Å². The Kier molecular flexibility index (Phi) is 4.18. The van der Waals surface area contributed by atoms with E-state index in [1.165, 1.54) is 37.0 Å². The lowest BCUT2D eigenvalue weighted by atomic mass is 9.83. The molecular weight excluding hydrogens is 220 g/mol. The molecule has 0 atom stereocenters. The van der Waals surface area contributed by atoms with Gasteiger partial charge in [-0.15, -0.1) is 0 Å². The molecule has 90 valence electrons. The van der Waals surface area contributed by atoms with Crippen LogP contribution in [0.5, 0.6) is 0 Å². The van der Waals surface area contributed by atoms with Crippen LogP contribution >= 0.6 is 11.3 Å². The van der Waals surface area contributed by atoms with E-state index >= 15 is 0 Å². The van der Waals surface area contributed by atoms with E-state index in [0.717, 1.165) is 30.6 Å². The Morgan fingerprint density at radius 3 is 2.81 bits per heavy atom. The maximum atomic E-state index is 10.9. The van der Waals surface area contributed by atoms with Crippen molar-refractivity contribution in [2.75, 3.05) is 6.54 Å². The van der Waals surface area contributed by atoms with Crippen LogP contribution in [0.1, 0.15) is 38.3 Å². The highest BCUT2D eigenvalue weighted by Gasteiger charge is 2.17. The molecule has 2 N–H and O–H groups in total. The van der Waals surface area contributed by atoms with Crippen LogP contribution in [0.2, 0.25) is 0 Å². The predicted octanol–water partition coefficient (Wildman–Crippen LogP) is 2.35. The molecule has 0 amide bonds. The molecular formula is C12H20N2OS. The third-order valence-corrected chi connectivity index (χ3v) is 4.17. The van der Waals surface area contributed by atoms with E-state index in [4.69, 9.17) is 0 Å². The molecule has 3 nitrogen and oxygen atoms in total. The molecule has 1 saturated carbocycles. The minimum Gasteiger partial charge on any atom is -0.315 e. The van der Waals surface area contributed by atoms with E-state index in [9.17, 15) is 4.79 Å². The van der Waals surface area contributed by atoms with Gasteiger partial charge in [0.2, 0.25) is 0 Å². The highest BCUT2D eigenvalue weighted by molar-refractivity contribution is 7.07. The molecule has 0 saturated heterocycles. The zero-order chi connectivity index (χ0) is 11.4. The highest BCUT2D eigenvalue weighted by Crippen LogP contribution is 2.27. The van der Waals surface area contributed by atoms with Crippen LogP contribution in [0.3, 0.4) is 0 Å². The molecule has 2 rings (SSSR count). The average Bonchev–Trinajstić information content (AvgIpc) is 2.67. The summed E-state index contributed by atoms with van der Waals surface area (Å²) in [6.07, 6.45) is 5.46. The molecule has 1 aliphatic carbocycles. The SMILES string of the molecule is CC1CCC(CNCc2csc(=O)[nH]2)CC1. The Bertz CT molecular complexity index is 363. The number of nitrogens with one attached hydrogen (secondary N) is 2. The van der Waals surface area contributed by atoms with Crippen LogP contribution in [0.25, 0.3) is 0 Å². The van der Waals surface area contributed by atoms with Gasteiger partial charge in [-0.2, -0.15) is 0 Å². The first kappa shape index (κ1) is 11.9. The first-order valence-corrected chi connectivity index (χ1v) is 6.99. The third-order valence-electron chi connectivity index (χ3n) is 3.45. The van der Waals surface area contributed by atoms with Crippen LogP contribution in [0.15, 0.2) is 10.2 Å². The van der Waals surface area contributed by atoms with Gasteiger partial charge in [0.15, 0.2) is 0 Å². The van der Waals surface area contributed by atoms with Gasteiger partial charge in [-0.1, -0.05) is 31.1 Å². The van der Waals surface area contributed by atoms with Crippen molar-refractivity contribution in [2.24, 2.45) is 11.8 Å². The number of rotatable bonds is 4. The standard InChI is InChI=1S/C12H20N2OS/c1-9-2-4-10(5-3-9)6-13-7-11-8-16-12(15)14-11/h8-10,13H,2-7H2,1H3,(H,14,15). The van der Waals surface area contributed by atoms with Gasteiger partial charge in [-0.05, 0) is 31.2 Å². The summed E-state index contributed by atoms with van der Waals surface area (Å²) >= 11 is 1.24. The summed E-state index contributed by atoms with van der Waals surface area (Å²) in [7, 11) is 0. The number of aromatic nitrogens is 1. The fourth-order valence-corrected chi connectivity index (χ4v) is 2.93. The quantitative estimate of drug-likeness (QED) is 0.848. The number of hydrogen-bond acceptors (Lipinski definition) is 3. The van der Waals surface area contributed by atoms with Crippen molar-refractivity contribution in [3.63, 3.8) is 0 Å². The number of thiazole rings is 1. The molecule has 4 heteroatoms. The number of hydrogen-bond donors (Lipinski definition) is 2. The summed E-state index contributed by atoms with van der Waals surface area (Å²) < 4.78 is 0. The average molecular weight is 240 g/mol. The molecule has 0 radical (unpaired) electrons. The third kappa shape index (κ3) is 3.46. The first-order chi connectivity index (χ1) is 7.74. The number of H-pyrrole nitrogens is 1. The van der Waals surface area contributed by atoms with E-state index in [1.807, 2.05) is 5.38 Å². The van der Waals surface area contributed by atoms with Gasteiger partial charge < -0.3 is 10.3 Å². The second kappa shape index (κ2) is 5.64. The normalized spacial score (nSPS) is 25.8. The minimum atomic E-state index is 0.0447. The van der Waals surface area contributed by atoms with Gasteiger partial charge in [-0.3, -0.25) is 4.79 Å². The first-order valence-electron chi connectivity index (χ1n) is 6.11. The second-order valence-electron chi connectivity index (χ2n) is 4.93. The largest absolute Gasteiger partial charge is 0.315 e. The Labute approximate surface area is 100 Å². The zero-order valence-electron chi connectivity index (χ0n) is 9.79. The Balaban J connectivity index is 1.66. The summed E-state index contributed by atoms with van der Waals surface area (Å²) in [5.41, 5.74) is 1.01. The Morgan fingerprint density at radius 2 is 2.19 bits per heavy atom. The summed E-state index contributed by atoms with van der Waals surface area (Å²) in [6, 6.07) is 0. The van der Waals surface area contributed by atoms with Crippen LogP contribution < -0.4 is 10.2 Å². The predicted molar refractivity (Wildman–Crippen MR) is 67.8 cm³/mol. The van der Waals surface area contributed by atoms with E-state index in [2.05, 4.69) is 17.2 Å². The number of aromatic amines is 1. The van der Waals surface area contributed by atoms with Crippen molar-refractivity contribution in [3.8, 4) is 0 Å². The molecule has 1 aromatic rings. The molecule has 1 heterocycles. The molecule has 0 aromatic carbocycles. The second-order valence-corrected chi connectivity index (χ2v) is 5.77. The molecule has 0 spiro atoms. The van der Waals surface area contributed by atoms with Gasteiger partial charge in [-0.25, -0.2) is 0 Å². The maximum absolute atomic E-state index is 10.9. The summed E-state index contributed by atoms with van der Waals surface area (Å²) in [5.74, 6) is 1.76. The molecule has 1 fully saturated rings. The smallest absolute Gasteiger partial charge is 0.304 e. The minimum absolute atomic E-state index is 0.0447. The zero-order valence-corrected chi connectivity index (χ0v) is 10.6. The van der Waals surface area contributed by atoms with Gasteiger partial charge in [0.25, 0.3) is 0 Å². The van der Waals surface area contributed by atoms with Crippen molar-refractivity contribution in [2.45, 2.75) is 39.2 Å². The van der Waals surface area contributed by atoms with Gasteiger partial charge in [0, 0.05) is 17.6 Å². The summed E-state index contributed by atoms with van der Waals surface area (Å²) in [4.78, 5) is 13.8. The summed E-state index contributed by atoms with van der Waals surface area (Å²) in [5, 5.41) is 5.34. The molecule has 0 bridgehead atoms. The van der Waals surface area contributed by atoms with E-state index in [0.29, 0.717) is 0 Å². The summed E-state index contributed by atoms with van der Waals surface area (Å²) in [6.45, 7) is 4.23. The van der Waals surface area contributed by atoms with Crippen LogP contribution in [-0.4, -0.2) is 11.5 Å². The van der Waals surface area contributed by atoms with Crippen LogP contribution in [0.4, 0.5) is 0 Å². The lowest BCUT2D eigenvalue weighted by molar-refractivity contribution is 0.281. The van der Waals surface area contributed by atoms with Crippen molar-refractivity contribution < 1.29 is 0 Å². The van der Waals surface area contributed by atoms with Gasteiger partial charge in [0.05, 0.1) is 0 Å². The Morgan fingerprint density at radius 1 is 1.44 bits per heavy atom.